The Morgan fingerprint density at radius 3 is 2.52 bits per heavy atom. The molecule has 140 valence electrons. The van der Waals surface area contributed by atoms with Gasteiger partial charge in [-0.05, 0) is 42.8 Å². The maximum atomic E-state index is 6.34. The van der Waals surface area contributed by atoms with Crippen molar-refractivity contribution in [2.24, 2.45) is 0 Å². The lowest BCUT2D eigenvalue weighted by atomic mass is 10.1. The third-order valence-electron chi connectivity index (χ3n) is 5.66. The van der Waals surface area contributed by atoms with Gasteiger partial charge in [-0.15, -0.1) is 0 Å². The average molecular weight is 377 g/mol. The number of benzene rings is 3. The molecule has 0 N–H and O–H groups in total. The van der Waals surface area contributed by atoms with Crippen molar-refractivity contribution in [1.82, 2.24) is 4.98 Å². The number of aromatic nitrogens is 1. The molecular formula is C25H19N3O. The van der Waals surface area contributed by atoms with Crippen molar-refractivity contribution in [3.8, 4) is 0 Å². The predicted molar refractivity (Wildman–Crippen MR) is 118 cm³/mol. The van der Waals surface area contributed by atoms with Gasteiger partial charge in [-0.1, -0.05) is 48.5 Å². The second kappa shape index (κ2) is 6.11. The fourth-order valence-corrected chi connectivity index (χ4v) is 4.31. The molecule has 4 heteroatoms. The Morgan fingerprint density at radius 2 is 1.62 bits per heavy atom. The van der Waals surface area contributed by atoms with E-state index in [2.05, 4.69) is 71.3 Å². The van der Waals surface area contributed by atoms with Gasteiger partial charge in [-0.3, -0.25) is 0 Å². The topological polar surface area (TPSA) is 32.5 Å². The molecule has 0 saturated carbocycles. The molecule has 0 unspecified atom stereocenters. The molecule has 4 nitrogen and oxygen atoms in total. The summed E-state index contributed by atoms with van der Waals surface area (Å²) >= 11 is 0. The Labute approximate surface area is 168 Å². The summed E-state index contributed by atoms with van der Waals surface area (Å²) in [6.45, 7) is 2.82. The monoisotopic (exact) mass is 377 g/mol. The Balaban J connectivity index is 1.59. The molecule has 0 radical (unpaired) electrons. The highest BCUT2D eigenvalue weighted by Gasteiger charge is 2.31. The van der Waals surface area contributed by atoms with Gasteiger partial charge in [-0.25, -0.2) is 4.98 Å². The molecule has 29 heavy (non-hydrogen) atoms. The first-order valence-electron chi connectivity index (χ1n) is 9.77. The maximum Gasteiger partial charge on any atom is 0.159 e. The Hall–Kier alpha value is -3.79. The Morgan fingerprint density at radius 1 is 0.793 bits per heavy atom. The second-order valence-electron chi connectivity index (χ2n) is 7.39. The smallest absolute Gasteiger partial charge is 0.159 e. The van der Waals surface area contributed by atoms with Gasteiger partial charge in [0.25, 0.3) is 0 Å². The van der Waals surface area contributed by atoms with Gasteiger partial charge < -0.3 is 14.2 Å². The van der Waals surface area contributed by atoms with Crippen LogP contribution in [0.4, 0.5) is 22.9 Å². The van der Waals surface area contributed by atoms with Crippen LogP contribution in [-0.2, 0) is 0 Å². The highest BCUT2D eigenvalue weighted by molar-refractivity contribution is 6.10. The molecule has 0 bridgehead atoms. The lowest BCUT2D eigenvalue weighted by molar-refractivity contribution is 0.667. The van der Waals surface area contributed by atoms with E-state index < -0.39 is 0 Å². The summed E-state index contributed by atoms with van der Waals surface area (Å²) in [5, 5.41) is 2.28. The number of hydrogen-bond donors (Lipinski definition) is 0. The summed E-state index contributed by atoms with van der Waals surface area (Å²) in [7, 11) is 0. The van der Waals surface area contributed by atoms with Crippen LogP contribution in [0.25, 0.3) is 21.9 Å². The summed E-state index contributed by atoms with van der Waals surface area (Å²) < 4.78 is 6.34. The number of fused-ring (bicyclic) bond motifs is 4. The quantitative estimate of drug-likeness (QED) is 0.350. The fourth-order valence-electron chi connectivity index (χ4n) is 4.31. The molecule has 6 rings (SSSR count). The Kier molecular flexibility index (Phi) is 3.41. The number of anilines is 4. The van der Waals surface area contributed by atoms with Crippen molar-refractivity contribution in [3.63, 3.8) is 0 Å². The molecule has 0 atom stereocenters. The lowest BCUT2D eigenvalue weighted by Crippen LogP contribution is -2.24. The van der Waals surface area contributed by atoms with Crippen LogP contribution in [0.15, 0.2) is 89.5 Å². The lowest BCUT2D eigenvalue weighted by Gasteiger charge is -2.23. The standard InChI is InChI=1S/C25H19N3O/c1-17-13-14-20-19-10-5-6-12-22(19)29-24(20)23(17)28-16-27(18-8-3-2-4-9-18)21-11-7-15-26-25(21)28/h2-15H,16H2,1H3. The third-order valence-corrected chi connectivity index (χ3v) is 5.66. The van der Waals surface area contributed by atoms with E-state index in [1.807, 2.05) is 30.5 Å². The van der Waals surface area contributed by atoms with E-state index in [0.29, 0.717) is 6.67 Å². The number of nitrogens with zero attached hydrogens (tertiary/aromatic N) is 3. The normalized spacial score (nSPS) is 13.4. The summed E-state index contributed by atoms with van der Waals surface area (Å²) in [5.74, 6) is 0.951. The van der Waals surface area contributed by atoms with Crippen molar-refractivity contribution in [1.29, 1.82) is 0 Å². The largest absolute Gasteiger partial charge is 0.454 e. The molecule has 0 amide bonds. The van der Waals surface area contributed by atoms with Crippen LogP contribution >= 0.6 is 0 Å². The molecular weight excluding hydrogens is 358 g/mol. The zero-order valence-electron chi connectivity index (χ0n) is 16.0. The minimum absolute atomic E-state index is 0.688. The number of furan rings is 1. The van der Waals surface area contributed by atoms with Crippen molar-refractivity contribution in [2.75, 3.05) is 16.5 Å². The van der Waals surface area contributed by atoms with Gasteiger partial charge in [-0.2, -0.15) is 0 Å². The van der Waals surface area contributed by atoms with E-state index >= 15 is 0 Å². The third kappa shape index (κ3) is 2.36. The van der Waals surface area contributed by atoms with E-state index in [1.54, 1.807) is 0 Å². The number of rotatable bonds is 2. The number of hydrogen-bond acceptors (Lipinski definition) is 4. The second-order valence-corrected chi connectivity index (χ2v) is 7.39. The molecule has 3 heterocycles. The van der Waals surface area contributed by atoms with Crippen LogP contribution in [0.5, 0.6) is 0 Å². The number of para-hydroxylation sites is 2. The van der Waals surface area contributed by atoms with E-state index in [1.165, 1.54) is 5.56 Å². The van der Waals surface area contributed by atoms with Crippen molar-refractivity contribution >= 4 is 44.8 Å². The number of aryl methyl sites for hydroxylation is 1. The van der Waals surface area contributed by atoms with Crippen molar-refractivity contribution in [3.05, 3.63) is 90.6 Å². The van der Waals surface area contributed by atoms with Crippen LogP contribution in [0.1, 0.15) is 5.56 Å². The van der Waals surface area contributed by atoms with Gasteiger partial charge >= 0.3 is 0 Å². The van der Waals surface area contributed by atoms with Gasteiger partial charge in [0.15, 0.2) is 11.4 Å². The summed E-state index contributed by atoms with van der Waals surface area (Å²) in [6, 6.07) is 27.1. The average Bonchev–Trinajstić information content (AvgIpc) is 3.33. The molecule has 1 aliphatic rings. The van der Waals surface area contributed by atoms with Gasteiger partial charge in [0, 0.05) is 22.7 Å². The molecule has 1 aliphatic heterocycles. The molecule has 3 aromatic carbocycles. The summed E-state index contributed by atoms with van der Waals surface area (Å²) in [5.41, 5.74) is 6.33. The van der Waals surface area contributed by atoms with E-state index in [-0.39, 0.29) is 0 Å². The Bertz CT molecular complexity index is 1360. The van der Waals surface area contributed by atoms with Crippen LogP contribution in [0.3, 0.4) is 0 Å². The van der Waals surface area contributed by atoms with E-state index in [9.17, 15) is 0 Å². The SMILES string of the molecule is Cc1ccc2c(oc3ccccc32)c1N1CN(c2ccccc2)c2cccnc21. The zero-order chi connectivity index (χ0) is 19.4. The highest BCUT2D eigenvalue weighted by Crippen LogP contribution is 2.46. The minimum atomic E-state index is 0.688. The molecule has 0 spiro atoms. The minimum Gasteiger partial charge on any atom is -0.454 e. The molecule has 0 aliphatic carbocycles. The van der Waals surface area contributed by atoms with Crippen molar-refractivity contribution in [2.45, 2.75) is 6.92 Å². The molecule has 2 aromatic heterocycles. The van der Waals surface area contributed by atoms with E-state index in [0.717, 1.165) is 44.8 Å². The first-order chi connectivity index (χ1) is 14.3. The fraction of sp³-hybridized carbons (Fsp3) is 0.0800. The summed E-state index contributed by atoms with van der Waals surface area (Å²) in [4.78, 5) is 9.30. The van der Waals surface area contributed by atoms with Crippen LogP contribution < -0.4 is 9.80 Å². The van der Waals surface area contributed by atoms with Gasteiger partial charge in [0.1, 0.15) is 12.3 Å². The first-order valence-corrected chi connectivity index (χ1v) is 9.77. The van der Waals surface area contributed by atoms with Crippen LogP contribution in [0, 0.1) is 6.92 Å². The zero-order valence-corrected chi connectivity index (χ0v) is 16.0. The number of pyridine rings is 1. The van der Waals surface area contributed by atoms with Gasteiger partial charge in [0.2, 0.25) is 0 Å². The molecule has 0 fully saturated rings. The predicted octanol–water partition coefficient (Wildman–Crippen LogP) is 6.54. The van der Waals surface area contributed by atoms with Crippen LogP contribution in [0.2, 0.25) is 0 Å². The summed E-state index contributed by atoms with van der Waals surface area (Å²) in [6.07, 6.45) is 1.86. The van der Waals surface area contributed by atoms with Gasteiger partial charge in [0.05, 0.1) is 11.4 Å². The highest BCUT2D eigenvalue weighted by atomic mass is 16.3. The van der Waals surface area contributed by atoms with Crippen LogP contribution in [-0.4, -0.2) is 11.7 Å². The maximum absolute atomic E-state index is 6.34. The molecule has 0 saturated heterocycles. The van der Waals surface area contributed by atoms with Crippen molar-refractivity contribution < 1.29 is 4.42 Å². The molecule has 5 aromatic rings. The van der Waals surface area contributed by atoms with E-state index in [4.69, 9.17) is 9.40 Å². The first kappa shape index (κ1) is 16.2.